The molecule has 0 amide bonds. The number of hydrogen-bond donors (Lipinski definition) is 2. The molecule has 6 nitrogen and oxygen atoms in total. The molecule has 2 heterocycles. The summed E-state index contributed by atoms with van der Waals surface area (Å²) in [4.78, 5) is 15.0. The van der Waals surface area contributed by atoms with Crippen LogP contribution in [0, 0.1) is 6.92 Å². The highest BCUT2D eigenvalue weighted by atomic mass is 19.3. The van der Waals surface area contributed by atoms with E-state index in [9.17, 15) is 18.7 Å². The van der Waals surface area contributed by atoms with Crippen molar-refractivity contribution in [2.45, 2.75) is 31.3 Å². The van der Waals surface area contributed by atoms with Crippen molar-refractivity contribution in [1.82, 2.24) is 9.55 Å². The highest BCUT2D eigenvalue weighted by Crippen LogP contribution is 2.41. The number of nitrogens with zero attached hydrogens (tertiary/aromatic N) is 2. The molecule has 2 rings (SSSR count). The summed E-state index contributed by atoms with van der Waals surface area (Å²) >= 11 is 0. The Morgan fingerprint density at radius 3 is 2.78 bits per heavy atom. The maximum Gasteiger partial charge on any atom is 0.350 e. The minimum Gasteiger partial charge on any atom is -0.394 e. The van der Waals surface area contributed by atoms with Gasteiger partial charge in [-0.2, -0.15) is 13.8 Å². The number of aromatic nitrogens is 2. The van der Waals surface area contributed by atoms with Gasteiger partial charge in [-0.25, -0.2) is 4.79 Å². The van der Waals surface area contributed by atoms with Gasteiger partial charge in [-0.1, -0.05) is 0 Å². The van der Waals surface area contributed by atoms with Gasteiger partial charge in [-0.15, -0.1) is 0 Å². The molecule has 0 radical (unpaired) electrons. The Hall–Kier alpha value is -1.38. The summed E-state index contributed by atoms with van der Waals surface area (Å²) in [7, 11) is 0. The van der Waals surface area contributed by atoms with Gasteiger partial charge in [0, 0.05) is 11.9 Å². The standard InChI is InChI=1S/C10H12F2N2O4/c1-5-2-3-14(9(17)13-5)8-10(11,12)7(16)6(4-15)18-8/h2-3,6-8,15-16H,4H2,1H3/t6-,7-,8-/m1/s1. The number of alkyl halides is 2. The number of aliphatic hydroxyl groups excluding tert-OH is 2. The quantitative estimate of drug-likeness (QED) is 0.746. The lowest BCUT2D eigenvalue weighted by molar-refractivity contribution is -0.141. The van der Waals surface area contributed by atoms with E-state index in [0.717, 1.165) is 6.20 Å². The fourth-order valence-electron chi connectivity index (χ4n) is 1.79. The molecule has 100 valence electrons. The molecule has 0 unspecified atom stereocenters. The zero-order valence-corrected chi connectivity index (χ0v) is 9.46. The largest absolute Gasteiger partial charge is 0.394 e. The van der Waals surface area contributed by atoms with Crippen LogP contribution >= 0.6 is 0 Å². The van der Waals surface area contributed by atoms with E-state index < -0.39 is 36.7 Å². The fourth-order valence-corrected chi connectivity index (χ4v) is 1.79. The SMILES string of the molecule is Cc1ccn([C@@H]2O[C@H](CO)[C@@H](O)C2(F)F)c(=O)n1. The summed E-state index contributed by atoms with van der Waals surface area (Å²) in [6.45, 7) is 0.784. The van der Waals surface area contributed by atoms with Crippen molar-refractivity contribution in [3.8, 4) is 0 Å². The van der Waals surface area contributed by atoms with Crippen LogP contribution in [0.1, 0.15) is 11.9 Å². The summed E-state index contributed by atoms with van der Waals surface area (Å²) < 4.78 is 32.9. The van der Waals surface area contributed by atoms with E-state index in [-0.39, 0.29) is 0 Å². The van der Waals surface area contributed by atoms with Crippen molar-refractivity contribution in [1.29, 1.82) is 0 Å². The molecule has 1 aliphatic heterocycles. The maximum absolute atomic E-state index is 13.7. The molecule has 1 aliphatic rings. The van der Waals surface area contributed by atoms with Gasteiger partial charge in [0.15, 0.2) is 6.10 Å². The zero-order chi connectivity index (χ0) is 13.5. The van der Waals surface area contributed by atoms with Gasteiger partial charge in [-0.05, 0) is 13.0 Å². The summed E-state index contributed by atoms with van der Waals surface area (Å²) in [6, 6.07) is 1.37. The van der Waals surface area contributed by atoms with E-state index in [1.165, 1.54) is 6.07 Å². The Morgan fingerprint density at radius 1 is 1.61 bits per heavy atom. The van der Waals surface area contributed by atoms with Crippen LogP contribution in [0.5, 0.6) is 0 Å². The summed E-state index contributed by atoms with van der Waals surface area (Å²) in [5, 5.41) is 18.1. The minimum absolute atomic E-state index is 0.386. The van der Waals surface area contributed by atoms with E-state index in [2.05, 4.69) is 4.98 Å². The third kappa shape index (κ3) is 1.92. The molecule has 0 saturated carbocycles. The Kier molecular flexibility index (Phi) is 3.18. The molecule has 0 bridgehead atoms. The highest BCUT2D eigenvalue weighted by molar-refractivity contribution is 5.01. The number of hydrogen-bond acceptors (Lipinski definition) is 5. The third-order valence-electron chi connectivity index (χ3n) is 2.78. The van der Waals surface area contributed by atoms with Crippen LogP contribution in [0.25, 0.3) is 0 Å². The molecule has 0 aliphatic carbocycles. The summed E-state index contributed by atoms with van der Waals surface area (Å²) in [5.74, 6) is -3.67. The maximum atomic E-state index is 13.7. The molecule has 8 heteroatoms. The van der Waals surface area contributed by atoms with E-state index >= 15 is 0 Å². The molecule has 18 heavy (non-hydrogen) atoms. The Bertz CT molecular complexity index is 505. The van der Waals surface area contributed by atoms with Gasteiger partial charge >= 0.3 is 11.6 Å². The molecular weight excluding hydrogens is 250 g/mol. The van der Waals surface area contributed by atoms with Gasteiger partial charge in [0.05, 0.1) is 6.61 Å². The second-order valence-electron chi connectivity index (χ2n) is 4.09. The topological polar surface area (TPSA) is 84.6 Å². The molecule has 0 aromatic carbocycles. The lowest BCUT2D eigenvalue weighted by Gasteiger charge is -2.20. The lowest BCUT2D eigenvalue weighted by atomic mass is 10.1. The molecule has 0 spiro atoms. The average Bonchev–Trinajstić information content (AvgIpc) is 2.52. The van der Waals surface area contributed by atoms with Gasteiger partial charge < -0.3 is 14.9 Å². The number of aryl methyl sites for hydroxylation is 1. The highest BCUT2D eigenvalue weighted by Gasteiger charge is 2.59. The van der Waals surface area contributed by atoms with Crippen LogP contribution in [-0.4, -0.2) is 44.5 Å². The van der Waals surface area contributed by atoms with Crippen molar-refractivity contribution in [2.24, 2.45) is 0 Å². The van der Waals surface area contributed by atoms with Crippen LogP contribution in [-0.2, 0) is 4.74 Å². The molecule has 1 aromatic rings. The first-order valence-electron chi connectivity index (χ1n) is 5.26. The van der Waals surface area contributed by atoms with Crippen LogP contribution < -0.4 is 5.69 Å². The van der Waals surface area contributed by atoms with E-state index in [1.807, 2.05) is 0 Å². The Morgan fingerprint density at radius 2 is 2.28 bits per heavy atom. The first-order valence-corrected chi connectivity index (χ1v) is 5.26. The van der Waals surface area contributed by atoms with Gasteiger partial charge in [0.25, 0.3) is 0 Å². The second kappa shape index (κ2) is 4.38. The Balaban J connectivity index is 2.42. The van der Waals surface area contributed by atoms with Crippen LogP contribution in [0.2, 0.25) is 0 Å². The lowest BCUT2D eigenvalue weighted by Crippen LogP contribution is -2.41. The minimum atomic E-state index is -3.67. The third-order valence-corrected chi connectivity index (χ3v) is 2.78. The van der Waals surface area contributed by atoms with Crippen molar-refractivity contribution >= 4 is 0 Å². The second-order valence-corrected chi connectivity index (χ2v) is 4.09. The average molecular weight is 262 g/mol. The number of ether oxygens (including phenoxy) is 1. The normalized spacial score (nSPS) is 30.6. The van der Waals surface area contributed by atoms with Gasteiger partial charge in [-0.3, -0.25) is 4.57 Å². The fraction of sp³-hybridized carbons (Fsp3) is 0.600. The molecule has 2 N–H and O–H groups in total. The number of rotatable bonds is 2. The predicted octanol–water partition coefficient (Wildman–Crippen LogP) is -0.562. The Labute approximate surface area is 100 Å². The molecular formula is C10H12F2N2O4. The summed E-state index contributed by atoms with van der Waals surface area (Å²) in [6.07, 6.45) is -4.44. The molecule has 3 atom stereocenters. The van der Waals surface area contributed by atoms with E-state index in [4.69, 9.17) is 9.84 Å². The molecule has 1 saturated heterocycles. The van der Waals surface area contributed by atoms with Crippen molar-refractivity contribution in [3.05, 3.63) is 28.4 Å². The van der Waals surface area contributed by atoms with Crippen LogP contribution in [0.3, 0.4) is 0 Å². The number of halogens is 2. The van der Waals surface area contributed by atoms with Crippen molar-refractivity contribution in [2.75, 3.05) is 6.61 Å². The summed E-state index contributed by atoms with van der Waals surface area (Å²) in [5.41, 5.74) is -0.512. The van der Waals surface area contributed by atoms with Crippen molar-refractivity contribution in [3.63, 3.8) is 0 Å². The van der Waals surface area contributed by atoms with Gasteiger partial charge in [0.1, 0.15) is 6.10 Å². The van der Waals surface area contributed by atoms with Crippen molar-refractivity contribution < 1.29 is 23.7 Å². The van der Waals surface area contributed by atoms with Crippen LogP contribution in [0.4, 0.5) is 8.78 Å². The zero-order valence-electron chi connectivity index (χ0n) is 9.46. The first kappa shape index (κ1) is 13.1. The van der Waals surface area contributed by atoms with Gasteiger partial charge in [0.2, 0.25) is 6.23 Å². The van der Waals surface area contributed by atoms with E-state index in [0.29, 0.717) is 10.3 Å². The first-order chi connectivity index (χ1) is 8.37. The number of aliphatic hydroxyl groups is 2. The van der Waals surface area contributed by atoms with Crippen LogP contribution in [0.15, 0.2) is 17.1 Å². The smallest absolute Gasteiger partial charge is 0.350 e. The molecule has 1 fully saturated rings. The predicted molar refractivity (Wildman–Crippen MR) is 55.2 cm³/mol. The monoisotopic (exact) mass is 262 g/mol. The molecule has 1 aromatic heterocycles. The van der Waals surface area contributed by atoms with E-state index in [1.54, 1.807) is 6.92 Å².